The third-order valence-electron chi connectivity index (χ3n) is 4.39. The molecule has 0 radical (unpaired) electrons. The highest BCUT2D eigenvalue weighted by atomic mass is 35.5. The average Bonchev–Trinajstić information content (AvgIpc) is 2.64. The van der Waals surface area contributed by atoms with Gasteiger partial charge < -0.3 is 10.1 Å². The molecule has 0 spiro atoms. The minimum atomic E-state index is -3.26. The van der Waals surface area contributed by atoms with Crippen LogP contribution in [-0.4, -0.2) is 49.5 Å². The molecule has 0 aromatic heterocycles. The van der Waals surface area contributed by atoms with Crippen molar-refractivity contribution in [1.29, 1.82) is 0 Å². The molecule has 7 nitrogen and oxygen atoms in total. The van der Waals surface area contributed by atoms with Crippen LogP contribution in [0.2, 0.25) is 10.0 Å². The summed E-state index contributed by atoms with van der Waals surface area (Å²) in [5.41, 5.74) is 0.329. The van der Waals surface area contributed by atoms with E-state index < -0.39 is 33.9 Å². The van der Waals surface area contributed by atoms with Crippen molar-refractivity contribution in [2.24, 2.45) is 5.92 Å². The van der Waals surface area contributed by atoms with Gasteiger partial charge in [-0.3, -0.25) is 9.59 Å². The molecule has 1 N–H and O–H groups in total. The van der Waals surface area contributed by atoms with Crippen LogP contribution in [0.3, 0.4) is 0 Å². The maximum Gasteiger partial charge on any atom is 0.309 e. The van der Waals surface area contributed by atoms with Gasteiger partial charge in [-0.15, -0.1) is 0 Å². The summed E-state index contributed by atoms with van der Waals surface area (Å²) >= 11 is 11.9. The Morgan fingerprint density at radius 3 is 2.52 bits per heavy atom. The Bertz CT molecular complexity index is 808. The smallest absolute Gasteiger partial charge is 0.309 e. The molecule has 1 aliphatic rings. The Morgan fingerprint density at radius 2 is 1.93 bits per heavy atom. The number of carbonyl (C=O) groups excluding carboxylic acids is 2. The van der Waals surface area contributed by atoms with E-state index in [1.54, 1.807) is 19.1 Å². The van der Waals surface area contributed by atoms with Gasteiger partial charge in [0.25, 0.3) is 5.91 Å². The van der Waals surface area contributed by atoms with Crippen LogP contribution in [0.1, 0.15) is 26.7 Å². The quantitative estimate of drug-likeness (QED) is 0.691. The third-order valence-corrected chi connectivity index (χ3v) is 6.84. The molecule has 1 heterocycles. The lowest BCUT2D eigenvalue weighted by atomic mass is 9.98. The van der Waals surface area contributed by atoms with E-state index in [1.165, 1.54) is 17.3 Å². The molecule has 1 atom stereocenters. The molecule has 150 valence electrons. The topological polar surface area (TPSA) is 92.8 Å². The van der Waals surface area contributed by atoms with Crippen molar-refractivity contribution in [2.45, 2.75) is 32.8 Å². The number of rotatable bonds is 6. The molecule has 1 saturated heterocycles. The lowest BCUT2D eigenvalue weighted by molar-refractivity contribution is -0.158. The van der Waals surface area contributed by atoms with Gasteiger partial charge in [0.15, 0.2) is 6.10 Å². The van der Waals surface area contributed by atoms with E-state index in [9.17, 15) is 18.0 Å². The molecule has 1 fully saturated rings. The lowest BCUT2D eigenvalue weighted by Crippen LogP contribution is -2.42. The van der Waals surface area contributed by atoms with Gasteiger partial charge in [-0.05, 0) is 44.9 Å². The zero-order valence-corrected chi connectivity index (χ0v) is 17.4. The predicted octanol–water partition coefficient (Wildman–Crippen LogP) is 2.93. The van der Waals surface area contributed by atoms with E-state index >= 15 is 0 Å². The number of nitrogens with zero attached hydrogens (tertiary/aromatic N) is 1. The first-order chi connectivity index (χ1) is 12.6. The zero-order chi connectivity index (χ0) is 20.2. The predicted molar refractivity (Wildman–Crippen MR) is 104 cm³/mol. The van der Waals surface area contributed by atoms with Crippen molar-refractivity contribution in [2.75, 3.05) is 24.2 Å². The summed E-state index contributed by atoms with van der Waals surface area (Å²) in [5.74, 6) is -1.44. The number of hydrogen-bond acceptors (Lipinski definition) is 5. The van der Waals surface area contributed by atoms with Crippen molar-refractivity contribution in [1.82, 2.24) is 4.31 Å². The van der Waals surface area contributed by atoms with Gasteiger partial charge in [0, 0.05) is 18.1 Å². The summed E-state index contributed by atoms with van der Waals surface area (Å²) in [7, 11) is -3.26. The van der Waals surface area contributed by atoms with Gasteiger partial charge in [-0.25, -0.2) is 12.7 Å². The summed E-state index contributed by atoms with van der Waals surface area (Å²) in [4.78, 5) is 24.5. The van der Waals surface area contributed by atoms with E-state index in [0.29, 0.717) is 28.6 Å². The number of nitrogens with one attached hydrogen (secondary N) is 1. The largest absolute Gasteiger partial charge is 0.452 e. The second kappa shape index (κ2) is 9.23. The van der Waals surface area contributed by atoms with Crippen LogP contribution in [0.25, 0.3) is 0 Å². The molecule has 10 heteroatoms. The number of sulfonamides is 1. The lowest BCUT2D eigenvalue weighted by Gasteiger charge is -2.30. The van der Waals surface area contributed by atoms with E-state index in [4.69, 9.17) is 27.9 Å². The molecule has 1 amide bonds. The fourth-order valence-electron chi connectivity index (χ4n) is 2.70. The van der Waals surface area contributed by atoms with Crippen molar-refractivity contribution in [3.05, 3.63) is 28.2 Å². The number of hydrogen-bond donors (Lipinski definition) is 1. The summed E-state index contributed by atoms with van der Waals surface area (Å²) in [5, 5.41) is 3.30. The van der Waals surface area contributed by atoms with Crippen LogP contribution < -0.4 is 5.32 Å². The Kier molecular flexibility index (Phi) is 7.50. The molecule has 27 heavy (non-hydrogen) atoms. The molecule has 0 aliphatic carbocycles. The van der Waals surface area contributed by atoms with E-state index in [0.717, 1.165) is 0 Å². The molecular formula is C17H22Cl2N2O5S. The van der Waals surface area contributed by atoms with E-state index in [2.05, 4.69) is 5.32 Å². The van der Waals surface area contributed by atoms with Crippen molar-refractivity contribution >= 4 is 50.8 Å². The highest BCUT2D eigenvalue weighted by Crippen LogP contribution is 2.26. The van der Waals surface area contributed by atoms with Gasteiger partial charge in [0.2, 0.25) is 10.0 Å². The standard InChI is InChI=1S/C17H22Cl2N2O5S/c1-3-27(24,25)21-8-6-12(7-9-21)17(23)26-11(2)16(22)20-15-10-13(18)4-5-14(15)19/h4-5,10-12H,3,6-9H2,1-2H3,(H,20,22). The summed E-state index contributed by atoms with van der Waals surface area (Å²) in [6.07, 6.45) is -0.288. The fraction of sp³-hybridized carbons (Fsp3) is 0.529. The maximum atomic E-state index is 12.3. The molecular weight excluding hydrogens is 415 g/mol. The highest BCUT2D eigenvalue weighted by molar-refractivity contribution is 7.89. The minimum Gasteiger partial charge on any atom is -0.452 e. The van der Waals surface area contributed by atoms with Crippen LogP contribution in [0, 0.1) is 5.92 Å². The molecule has 0 bridgehead atoms. The maximum absolute atomic E-state index is 12.3. The van der Waals surface area contributed by atoms with Gasteiger partial charge in [-0.2, -0.15) is 0 Å². The Labute approximate surface area is 169 Å². The third kappa shape index (κ3) is 5.81. The van der Waals surface area contributed by atoms with Crippen LogP contribution in [0.5, 0.6) is 0 Å². The number of piperidine rings is 1. The van der Waals surface area contributed by atoms with Gasteiger partial charge in [0.05, 0.1) is 22.4 Å². The molecule has 1 unspecified atom stereocenters. The first-order valence-electron chi connectivity index (χ1n) is 8.58. The Hall–Kier alpha value is -1.35. The number of esters is 1. The molecule has 1 aliphatic heterocycles. The second-order valence-electron chi connectivity index (χ2n) is 6.27. The molecule has 0 saturated carbocycles. The number of amides is 1. The number of ether oxygens (including phenoxy) is 1. The number of benzene rings is 1. The highest BCUT2D eigenvalue weighted by Gasteiger charge is 2.32. The monoisotopic (exact) mass is 436 g/mol. The van der Waals surface area contributed by atoms with Crippen LogP contribution in [-0.2, 0) is 24.3 Å². The Balaban J connectivity index is 1.88. The normalized spacial score (nSPS) is 17.3. The second-order valence-corrected chi connectivity index (χ2v) is 9.37. The molecule has 1 aromatic carbocycles. The van der Waals surface area contributed by atoms with Crippen LogP contribution in [0.15, 0.2) is 18.2 Å². The van der Waals surface area contributed by atoms with Crippen LogP contribution in [0.4, 0.5) is 5.69 Å². The average molecular weight is 437 g/mol. The SMILES string of the molecule is CCS(=O)(=O)N1CCC(C(=O)OC(C)C(=O)Nc2cc(Cl)ccc2Cl)CC1. The van der Waals surface area contributed by atoms with Crippen molar-refractivity contribution < 1.29 is 22.7 Å². The van der Waals surface area contributed by atoms with Gasteiger partial charge >= 0.3 is 5.97 Å². The Morgan fingerprint density at radius 1 is 1.30 bits per heavy atom. The van der Waals surface area contributed by atoms with Crippen molar-refractivity contribution in [3.8, 4) is 0 Å². The van der Waals surface area contributed by atoms with Gasteiger partial charge in [0.1, 0.15) is 0 Å². The van der Waals surface area contributed by atoms with E-state index in [-0.39, 0.29) is 18.8 Å². The van der Waals surface area contributed by atoms with E-state index in [1.807, 2.05) is 0 Å². The number of anilines is 1. The minimum absolute atomic E-state index is 0.0331. The first-order valence-corrected chi connectivity index (χ1v) is 10.9. The first kappa shape index (κ1) is 21.9. The summed E-state index contributed by atoms with van der Waals surface area (Å²) < 4.78 is 30.3. The van der Waals surface area contributed by atoms with Gasteiger partial charge in [-0.1, -0.05) is 23.2 Å². The van der Waals surface area contributed by atoms with Crippen molar-refractivity contribution in [3.63, 3.8) is 0 Å². The zero-order valence-electron chi connectivity index (χ0n) is 15.1. The van der Waals surface area contributed by atoms with Crippen LogP contribution >= 0.6 is 23.2 Å². The summed E-state index contributed by atoms with van der Waals surface area (Å²) in [6.45, 7) is 3.59. The molecule has 2 rings (SSSR count). The number of halogens is 2. The summed E-state index contributed by atoms with van der Waals surface area (Å²) in [6, 6.07) is 4.64. The molecule has 1 aromatic rings. The number of carbonyl (C=O) groups is 2. The fourth-order valence-corrected chi connectivity index (χ4v) is 4.17.